The maximum atomic E-state index is 14.2. The van der Waals surface area contributed by atoms with Crippen LogP contribution in [0.4, 0.5) is 17.6 Å². The Morgan fingerprint density at radius 2 is 1.15 bits per heavy atom. The van der Waals surface area contributed by atoms with E-state index in [9.17, 15) is 37.1 Å². The van der Waals surface area contributed by atoms with E-state index in [4.69, 9.17) is 55.9 Å². The molecule has 0 saturated carbocycles. The zero-order valence-corrected chi connectivity index (χ0v) is 34.7. The van der Waals surface area contributed by atoms with E-state index < -0.39 is 58.9 Å². The molecule has 2 aromatic heterocycles. The van der Waals surface area contributed by atoms with Gasteiger partial charge in [0.15, 0.2) is 6.10 Å². The fourth-order valence-corrected chi connectivity index (χ4v) is 6.02. The van der Waals surface area contributed by atoms with Crippen LogP contribution in [0.15, 0.2) is 48.5 Å². The van der Waals surface area contributed by atoms with Crippen molar-refractivity contribution in [3.63, 3.8) is 0 Å². The second-order valence-electron chi connectivity index (χ2n) is 11.3. The number of aromatic nitrogens is 2. The molecule has 3 radical (unpaired) electrons. The molecule has 0 saturated heterocycles. The summed E-state index contributed by atoms with van der Waals surface area (Å²) in [4.78, 5) is 43.3. The Morgan fingerprint density at radius 1 is 0.722 bits per heavy atom. The first-order valence-corrected chi connectivity index (χ1v) is 17.2. The maximum absolute atomic E-state index is 14.2. The summed E-state index contributed by atoms with van der Waals surface area (Å²) in [6, 6.07) is 8.98. The van der Waals surface area contributed by atoms with Gasteiger partial charge < -0.3 is 16.0 Å². The van der Waals surface area contributed by atoms with Crippen LogP contribution < -0.4 is 29.6 Å². The third-order valence-corrected chi connectivity index (χ3v) is 8.57. The Morgan fingerprint density at radius 3 is 1.56 bits per heavy atom. The monoisotopic (exact) mass is 839 g/mol. The van der Waals surface area contributed by atoms with E-state index in [-0.39, 0.29) is 103 Å². The standard InChI is InChI=1S/C18H17Cl2F2NO3.C18H15Cl2F2NO3.B.Na.H/c2*1-3-26-18(25)16(24)9(2)6-13-12(8-15(19)23-17(13)20)11-5-4-10(21)7-14(11)22;;;/h4-5,7-9,16,24H,3,6H2,1-2H3;4-5,7-9H,3,6H2,1-2H3;;;/q;;;+1;-1. The minimum Gasteiger partial charge on any atom is -1.00 e. The number of aliphatic hydroxyl groups is 1. The molecule has 2 aromatic carbocycles. The summed E-state index contributed by atoms with van der Waals surface area (Å²) in [5.74, 6) is -6.86. The predicted octanol–water partition coefficient (Wildman–Crippen LogP) is 5.82. The molecule has 18 heteroatoms. The molecule has 0 amide bonds. The van der Waals surface area contributed by atoms with Crippen molar-refractivity contribution in [3.05, 3.63) is 104 Å². The van der Waals surface area contributed by atoms with Crippen molar-refractivity contribution in [2.75, 3.05) is 13.2 Å². The molecule has 3 atom stereocenters. The number of hydrogen-bond acceptors (Lipinski definition) is 8. The number of hydrogen-bond donors (Lipinski definition) is 1. The average molecular weight is 841 g/mol. The van der Waals surface area contributed by atoms with Crippen LogP contribution in [0.1, 0.15) is 40.2 Å². The minimum atomic E-state index is -1.38. The van der Waals surface area contributed by atoms with E-state index in [0.29, 0.717) is 16.7 Å². The first-order chi connectivity index (χ1) is 24.5. The number of ketones is 1. The Kier molecular flexibility index (Phi) is 20.7. The number of Topliss-reactive ketones (excluding diaryl/α,β-unsaturated/α-hetero) is 1. The zero-order chi connectivity index (χ0) is 38.9. The molecule has 283 valence electrons. The van der Waals surface area contributed by atoms with Gasteiger partial charge in [0.05, 0.1) is 13.2 Å². The summed E-state index contributed by atoms with van der Waals surface area (Å²) in [6.07, 6.45) is -1.27. The van der Waals surface area contributed by atoms with Crippen molar-refractivity contribution in [1.82, 2.24) is 9.97 Å². The fourth-order valence-electron chi connectivity index (χ4n) is 5.00. The van der Waals surface area contributed by atoms with Gasteiger partial charge in [-0.3, -0.25) is 4.79 Å². The van der Waals surface area contributed by atoms with Gasteiger partial charge in [0.1, 0.15) is 43.9 Å². The second-order valence-corrected chi connectivity index (χ2v) is 12.8. The van der Waals surface area contributed by atoms with Crippen LogP contribution in [0, 0.1) is 35.1 Å². The SMILES string of the molecule is CCOC(=O)C(=O)C(C)Cc1c(-c2ccc(F)cc2F)cc(Cl)nc1Cl.CCOC(=O)C(O)C(C)Cc1c(-c2ccc(F)cc2F)cc(Cl)nc1Cl.[B].[H-].[Na+]. The van der Waals surface area contributed by atoms with Gasteiger partial charge >= 0.3 is 41.5 Å². The normalized spacial score (nSPS) is 12.2. The van der Waals surface area contributed by atoms with Crippen LogP contribution in [-0.2, 0) is 36.7 Å². The van der Waals surface area contributed by atoms with E-state index in [0.717, 1.165) is 24.3 Å². The number of nitrogens with zero attached hydrogens (tertiary/aromatic N) is 2. The summed E-state index contributed by atoms with van der Waals surface area (Å²) >= 11 is 24.2. The van der Waals surface area contributed by atoms with Gasteiger partial charge in [0.25, 0.3) is 0 Å². The predicted molar refractivity (Wildman–Crippen MR) is 196 cm³/mol. The number of halogens is 8. The zero-order valence-electron chi connectivity index (χ0n) is 30.7. The Hall–Kier alpha value is -2.75. The number of aliphatic hydroxyl groups excluding tert-OH is 1. The smallest absolute Gasteiger partial charge is 1.00 e. The summed E-state index contributed by atoms with van der Waals surface area (Å²) < 4.78 is 64.4. The van der Waals surface area contributed by atoms with Gasteiger partial charge in [-0.05, 0) is 91.3 Å². The van der Waals surface area contributed by atoms with Gasteiger partial charge in [-0.25, -0.2) is 37.1 Å². The quantitative estimate of drug-likeness (QED) is 0.0625. The van der Waals surface area contributed by atoms with E-state index in [1.165, 1.54) is 31.2 Å². The number of carbonyl (C=O) groups is 3. The van der Waals surface area contributed by atoms with E-state index in [1.54, 1.807) is 20.8 Å². The van der Waals surface area contributed by atoms with Crippen LogP contribution in [-0.4, -0.2) is 60.5 Å². The van der Waals surface area contributed by atoms with Crippen molar-refractivity contribution in [2.24, 2.45) is 11.8 Å². The summed E-state index contributed by atoms with van der Waals surface area (Å²) in [7, 11) is 0. The average Bonchev–Trinajstić information content (AvgIpc) is 3.06. The number of pyridine rings is 2. The molecule has 0 fully saturated rings. The molecule has 1 N–H and O–H groups in total. The van der Waals surface area contributed by atoms with Crippen molar-refractivity contribution >= 4 is 72.5 Å². The van der Waals surface area contributed by atoms with Crippen molar-refractivity contribution < 1.29 is 77.5 Å². The molecule has 4 aromatic rings. The third kappa shape index (κ3) is 13.2. The molecule has 2 heterocycles. The number of benzene rings is 2. The summed E-state index contributed by atoms with van der Waals surface area (Å²) in [6.45, 7) is 6.58. The van der Waals surface area contributed by atoms with E-state index in [1.807, 2.05) is 0 Å². The topological polar surface area (TPSA) is 116 Å². The summed E-state index contributed by atoms with van der Waals surface area (Å²) in [5, 5.41) is 10.1. The fraction of sp³-hybridized carbons (Fsp3) is 0.306. The number of carbonyl (C=O) groups excluding carboxylic acids is 3. The molecular formula is C36H33BCl4F4N2NaO6. The van der Waals surface area contributed by atoms with Gasteiger partial charge in [-0.2, -0.15) is 0 Å². The van der Waals surface area contributed by atoms with Crippen LogP contribution in [0.25, 0.3) is 22.3 Å². The second kappa shape index (κ2) is 22.7. The molecule has 0 bridgehead atoms. The molecule has 3 unspecified atom stereocenters. The van der Waals surface area contributed by atoms with Gasteiger partial charge in [-0.15, -0.1) is 0 Å². The van der Waals surface area contributed by atoms with Gasteiger partial charge in [0.2, 0.25) is 5.78 Å². The molecule has 54 heavy (non-hydrogen) atoms. The van der Waals surface area contributed by atoms with Crippen LogP contribution >= 0.6 is 46.4 Å². The molecule has 0 aliphatic rings. The summed E-state index contributed by atoms with van der Waals surface area (Å²) in [5.41, 5.74) is 1.45. The van der Waals surface area contributed by atoms with Crippen LogP contribution in [0.3, 0.4) is 0 Å². The molecule has 0 aliphatic carbocycles. The minimum absolute atomic E-state index is 0. The maximum Gasteiger partial charge on any atom is 1.00 e. The first kappa shape index (κ1) is 49.3. The molecule has 0 spiro atoms. The number of ether oxygens (including phenoxy) is 2. The van der Waals surface area contributed by atoms with Crippen molar-refractivity contribution in [3.8, 4) is 22.3 Å². The molecule has 8 nitrogen and oxygen atoms in total. The van der Waals surface area contributed by atoms with E-state index in [2.05, 4.69) is 9.97 Å². The number of rotatable bonds is 12. The van der Waals surface area contributed by atoms with Crippen LogP contribution in [0.2, 0.25) is 20.6 Å². The van der Waals surface area contributed by atoms with E-state index >= 15 is 0 Å². The Bertz CT molecular complexity index is 1970. The first-order valence-electron chi connectivity index (χ1n) is 15.6. The van der Waals surface area contributed by atoms with Crippen molar-refractivity contribution in [2.45, 2.75) is 46.6 Å². The van der Waals surface area contributed by atoms with Gasteiger partial charge in [0, 0.05) is 37.6 Å². The van der Waals surface area contributed by atoms with Gasteiger partial charge in [-0.1, -0.05) is 60.3 Å². The van der Waals surface area contributed by atoms with Crippen LogP contribution in [0.5, 0.6) is 0 Å². The molecule has 4 rings (SSSR count). The third-order valence-electron chi connectivity index (χ3n) is 7.56. The number of esters is 2. The molecule has 0 aliphatic heterocycles. The Labute approximate surface area is 355 Å². The van der Waals surface area contributed by atoms with Crippen molar-refractivity contribution in [1.29, 1.82) is 0 Å². The Balaban J connectivity index is 0.00000101. The molecular weight excluding hydrogens is 808 g/mol. The largest absolute Gasteiger partial charge is 1.00 e.